The Bertz CT molecular complexity index is 536. The van der Waals surface area contributed by atoms with Crippen LogP contribution in [0.15, 0.2) is 0 Å². The van der Waals surface area contributed by atoms with Gasteiger partial charge in [0.2, 0.25) is 0 Å². The van der Waals surface area contributed by atoms with Gasteiger partial charge in [-0.15, -0.1) is 0 Å². The lowest BCUT2D eigenvalue weighted by Gasteiger charge is -2.40. The monoisotopic (exact) mass is 432 g/mol. The molecule has 0 aliphatic heterocycles. The van der Waals surface area contributed by atoms with Crippen LogP contribution in [-0.2, 0) is 4.79 Å². The molecule has 0 aromatic heterocycles. The van der Waals surface area contributed by atoms with Crippen LogP contribution in [0, 0.1) is 0 Å². The number of carboxylic acids is 1. The maximum atomic E-state index is 12.8. The number of rotatable bonds is 6. The van der Waals surface area contributed by atoms with Gasteiger partial charge in [-0.05, 0) is 0 Å². The lowest BCUT2D eigenvalue weighted by molar-refractivity contribution is -0.450. The fourth-order valence-electron chi connectivity index (χ4n) is 1.10. The predicted octanol–water partition coefficient (Wildman–Crippen LogP) is 4.82. The normalized spacial score (nSPS) is 15.5. The standard InChI is InChI=1S/C8HF15O2.H3N/c9-2(10,1(24)25)3(11,12)4(13,14)5(15,16)6(17,18)7(19,20)8(21,22)23;/h(H,24,25);1H3/p+1. The average molecular weight is 432 g/mol. The summed E-state index contributed by atoms with van der Waals surface area (Å²) in [5.41, 5.74) is 0. The molecule has 0 aliphatic carbocycles. The first kappa shape index (κ1) is 26.6. The fourth-order valence-corrected chi connectivity index (χ4v) is 1.10. The van der Waals surface area contributed by atoms with Crippen LogP contribution in [0.5, 0.6) is 0 Å². The average Bonchev–Trinajstić information content (AvgIpc) is 2.35. The van der Waals surface area contributed by atoms with Gasteiger partial charge in [-0.2, -0.15) is 65.9 Å². The summed E-state index contributed by atoms with van der Waals surface area (Å²) in [5.74, 6) is -52.8. The molecule has 5 N–H and O–H groups in total. The fraction of sp³-hybridized carbons (Fsp3) is 0.875. The second kappa shape index (κ2) is 6.22. The van der Waals surface area contributed by atoms with Gasteiger partial charge in [0, 0.05) is 0 Å². The number of alkyl halides is 15. The highest BCUT2D eigenvalue weighted by Crippen LogP contribution is 2.62. The van der Waals surface area contributed by atoms with E-state index in [-0.39, 0.29) is 6.15 Å². The molecule has 0 fully saturated rings. The van der Waals surface area contributed by atoms with E-state index in [2.05, 4.69) is 0 Å². The van der Waals surface area contributed by atoms with Crippen LogP contribution in [0.2, 0.25) is 0 Å². The highest BCUT2D eigenvalue weighted by molar-refractivity contribution is 5.77. The first-order valence-electron chi connectivity index (χ1n) is 5.01. The van der Waals surface area contributed by atoms with Gasteiger partial charge < -0.3 is 11.3 Å². The number of carbonyl (C=O) groups is 1. The maximum Gasteiger partial charge on any atom is 0.460 e. The van der Waals surface area contributed by atoms with Crippen molar-refractivity contribution >= 4 is 5.97 Å². The van der Waals surface area contributed by atoms with E-state index in [9.17, 15) is 70.7 Å². The van der Waals surface area contributed by atoms with Crippen LogP contribution in [0.4, 0.5) is 65.9 Å². The number of quaternary nitrogens is 1. The molecule has 0 atom stereocenters. The molecule has 0 heterocycles. The van der Waals surface area contributed by atoms with Gasteiger partial charge in [-0.3, -0.25) is 0 Å². The molecule has 3 nitrogen and oxygen atoms in total. The second-order valence-electron chi connectivity index (χ2n) is 4.25. The van der Waals surface area contributed by atoms with Crippen LogP contribution in [0.25, 0.3) is 0 Å². The molecule has 26 heavy (non-hydrogen) atoms. The van der Waals surface area contributed by atoms with Crippen molar-refractivity contribution in [2.75, 3.05) is 0 Å². The summed E-state index contributed by atoms with van der Waals surface area (Å²) in [4.78, 5) is 9.72. The zero-order chi connectivity index (χ0) is 21.1. The third kappa shape index (κ3) is 3.00. The summed E-state index contributed by atoms with van der Waals surface area (Å²) < 4.78 is 187. The van der Waals surface area contributed by atoms with Gasteiger partial charge in [-0.25, -0.2) is 4.79 Å². The molecule has 0 spiro atoms. The van der Waals surface area contributed by atoms with E-state index in [0.717, 1.165) is 0 Å². The van der Waals surface area contributed by atoms with Crippen molar-refractivity contribution < 1.29 is 75.8 Å². The Labute approximate surface area is 131 Å². The van der Waals surface area contributed by atoms with Crippen molar-refractivity contribution in [2.45, 2.75) is 41.7 Å². The van der Waals surface area contributed by atoms with Crippen molar-refractivity contribution in [3.05, 3.63) is 0 Å². The van der Waals surface area contributed by atoms with Crippen molar-refractivity contribution in [3.8, 4) is 0 Å². The molecule has 0 amide bonds. The molecule has 0 saturated carbocycles. The van der Waals surface area contributed by atoms with Gasteiger partial charge in [-0.1, -0.05) is 0 Å². The molecule has 0 aliphatic rings. The summed E-state index contributed by atoms with van der Waals surface area (Å²) >= 11 is 0. The molecular weight excluding hydrogens is 427 g/mol. The summed E-state index contributed by atoms with van der Waals surface area (Å²) in [6, 6.07) is 0. The van der Waals surface area contributed by atoms with E-state index in [1.54, 1.807) is 0 Å². The van der Waals surface area contributed by atoms with Crippen LogP contribution >= 0.6 is 0 Å². The number of carboxylic acid groups (broad SMARTS) is 1. The Balaban J connectivity index is 0. The highest BCUT2D eigenvalue weighted by atomic mass is 19.4. The van der Waals surface area contributed by atoms with Gasteiger partial charge in [0.1, 0.15) is 0 Å². The van der Waals surface area contributed by atoms with E-state index < -0.39 is 47.7 Å². The molecular formula is C8H5F15NO2+. The Morgan fingerprint density at radius 1 is 0.500 bits per heavy atom. The molecule has 0 unspecified atom stereocenters. The first-order chi connectivity index (χ1) is 10.4. The zero-order valence-corrected chi connectivity index (χ0v) is 11.5. The van der Waals surface area contributed by atoms with Crippen LogP contribution in [0.1, 0.15) is 0 Å². The third-order valence-corrected chi connectivity index (χ3v) is 2.60. The molecule has 0 rings (SSSR count). The molecule has 0 bridgehead atoms. The topological polar surface area (TPSA) is 73.8 Å². The quantitative estimate of drug-likeness (QED) is 0.591. The van der Waals surface area contributed by atoms with Gasteiger partial charge >= 0.3 is 47.7 Å². The Morgan fingerprint density at radius 3 is 0.962 bits per heavy atom. The molecule has 0 aromatic rings. The van der Waals surface area contributed by atoms with Crippen LogP contribution < -0.4 is 6.15 Å². The van der Waals surface area contributed by atoms with Crippen LogP contribution in [-0.4, -0.2) is 52.8 Å². The van der Waals surface area contributed by atoms with Crippen molar-refractivity contribution in [2.24, 2.45) is 0 Å². The van der Waals surface area contributed by atoms with Gasteiger partial charge in [0.25, 0.3) is 0 Å². The van der Waals surface area contributed by atoms with Crippen molar-refractivity contribution in [3.63, 3.8) is 0 Å². The molecule has 0 aromatic carbocycles. The SMILES string of the molecule is O=C(O)C(F)(F)C(F)(F)C(F)(F)C(F)(F)C(F)(F)C(F)(F)C(F)(F)F.[NH4+]. The summed E-state index contributed by atoms with van der Waals surface area (Å²) in [6.45, 7) is 0. The number of hydrogen-bond acceptors (Lipinski definition) is 1. The van der Waals surface area contributed by atoms with Crippen LogP contribution in [0.3, 0.4) is 0 Å². The smallest absolute Gasteiger partial charge is 0.460 e. The lowest BCUT2D eigenvalue weighted by atomic mass is 9.91. The Kier molecular flexibility index (Phi) is 6.37. The Morgan fingerprint density at radius 2 is 0.731 bits per heavy atom. The number of halogens is 15. The predicted molar refractivity (Wildman–Crippen MR) is 49.4 cm³/mol. The van der Waals surface area contributed by atoms with E-state index >= 15 is 0 Å². The van der Waals surface area contributed by atoms with E-state index in [0.29, 0.717) is 0 Å². The van der Waals surface area contributed by atoms with Gasteiger partial charge in [0.05, 0.1) is 0 Å². The third-order valence-electron chi connectivity index (χ3n) is 2.60. The van der Waals surface area contributed by atoms with E-state index in [4.69, 9.17) is 5.11 Å². The molecule has 158 valence electrons. The summed E-state index contributed by atoms with van der Waals surface area (Å²) in [5, 5.41) is 7.57. The summed E-state index contributed by atoms with van der Waals surface area (Å²) in [7, 11) is 0. The molecule has 18 heteroatoms. The second-order valence-corrected chi connectivity index (χ2v) is 4.25. The lowest BCUT2D eigenvalue weighted by Crippen LogP contribution is -2.73. The molecule has 0 radical (unpaired) electrons. The highest BCUT2D eigenvalue weighted by Gasteiger charge is 2.94. The van der Waals surface area contributed by atoms with E-state index in [1.165, 1.54) is 0 Å². The van der Waals surface area contributed by atoms with Gasteiger partial charge in [0.15, 0.2) is 0 Å². The maximum absolute atomic E-state index is 12.8. The minimum atomic E-state index is -8.47. The molecule has 0 saturated heterocycles. The minimum Gasteiger partial charge on any atom is -0.477 e. The zero-order valence-electron chi connectivity index (χ0n) is 11.5. The van der Waals surface area contributed by atoms with Crippen molar-refractivity contribution in [1.29, 1.82) is 0 Å². The van der Waals surface area contributed by atoms with E-state index in [1.807, 2.05) is 0 Å². The number of hydrogen-bond donors (Lipinski definition) is 2. The first-order valence-corrected chi connectivity index (χ1v) is 5.01. The van der Waals surface area contributed by atoms with Crippen molar-refractivity contribution in [1.82, 2.24) is 6.15 Å². The minimum absolute atomic E-state index is 0. The number of aliphatic carboxylic acids is 1. The summed E-state index contributed by atoms with van der Waals surface area (Å²) in [6.07, 6.45) is -7.69. The Hall–Kier alpha value is -1.62. The largest absolute Gasteiger partial charge is 0.477 e.